The van der Waals surface area contributed by atoms with Crippen LogP contribution in [0.15, 0.2) is 11.3 Å². The standard InChI is InChI=1S/C21H35NO4/c1-7-14(6)18(24)17-19(25)15(10-8-12(2)3)21(26,20(17)22)16(23)11-9-13(4)5/h12-15,22,24,26H,7-11H2,1-6H3/t14?,15-,21+/m1/s1. The minimum atomic E-state index is -2.11. The molecular formula is C21H35NO4. The van der Waals surface area contributed by atoms with E-state index in [-0.39, 0.29) is 29.6 Å². The van der Waals surface area contributed by atoms with Gasteiger partial charge in [0.15, 0.2) is 17.2 Å². The van der Waals surface area contributed by atoms with E-state index in [2.05, 4.69) is 0 Å². The average molecular weight is 366 g/mol. The molecule has 1 aliphatic rings. The predicted octanol–water partition coefficient (Wildman–Crippen LogP) is 4.24. The lowest BCUT2D eigenvalue weighted by Gasteiger charge is -2.28. The highest BCUT2D eigenvalue weighted by molar-refractivity contribution is 6.38. The van der Waals surface area contributed by atoms with Gasteiger partial charge in [-0.1, -0.05) is 48.0 Å². The van der Waals surface area contributed by atoms with Gasteiger partial charge in [-0.2, -0.15) is 0 Å². The van der Waals surface area contributed by atoms with Gasteiger partial charge in [0.05, 0.1) is 17.2 Å². The van der Waals surface area contributed by atoms with Crippen LogP contribution in [0, 0.1) is 29.1 Å². The van der Waals surface area contributed by atoms with Crippen LogP contribution in [0.4, 0.5) is 0 Å². The maximum atomic E-state index is 13.0. The van der Waals surface area contributed by atoms with Gasteiger partial charge in [0, 0.05) is 12.3 Å². The molecule has 5 nitrogen and oxygen atoms in total. The summed E-state index contributed by atoms with van der Waals surface area (Å²) in [5.74, 6) is -1.80. The molecule has 1 fully saturated rings. The zero-order valence-electron chi connectivity index (χ0n) is 17.1. The van der Waals surface area contributed by atoms with E-state index >= 15 is 0 Å². The fraction of sp³-hybridized carbons (Fsp3) is 0.762. The number of carbonyl (C=O) groups excluding carboxylic acids is 2. The number of hydrogen-bond acceptors (Lipinski definition) is 5. The van der Waals surface area contributed by atoms with Gasteiger partial charge in [0.25, 0.3) is 0 Å². The summed E-state index contributed by atoms with van der Waals surface area (Å²) in [6.45, 7) is 11.6. The lowest BCUT2D eigenvalue weighted by Crippen LogP contribution is -2.49. The maximum Gasteiger partial charge on any atom is 0.175 e. The number of aliphatic hydroxyl groups is 2. The molecule has 148 valence electrons. The van der Waals surface area contributed by atoms with Crippen LogP contribution < -0.4 is 0 Å². The largest absolute Gasteiger partial charge is 0.511 e. The summed E-state index contributed by atoms with van der Waals surface area (Å²) in [6, 6.07) is 0. The molecule has 0 spiro atoms. The third-order valence-electron chi connectivity index (χ3n) is 5.44. The van der Waals surface area contributed by atoms with Crippen LogP contribution in [-0.2, 0) is 9.59 Å². The van der Waals surface area contributed by atoms with Crippen molar-refractivity contribution in [1.29, 1.82) is 5.41 Å². The molecule has 0 aliphatic heterocycles. The Morgan fingerprint density at radius 3 is 2.15 bits per heavy atom. The average Bonchev–Trinajstić information content (AvgIpc) is 2.76. The Morgan fingerprint density at radius 1 is 1.15 bits per heavy atom. The van der Waals surface area contributed by atoms with Crippen LogP contribution in [-0.4, -0.2) is 33.1 Å². The Bertz CT molecular complexity index is 591. The molecule has 0 aromatic carbocycles. The van der Waals surface area contributed by atoms with Crippen LogP contribution in [0.1, 0.15) is 73.6 Å². The van der Waals surface area contributed by atoms with Crippen LogP contribution in [0.5, 0.6) is 0 Å². The monoisotopic (exact) mass is 365 g/mol. The lowest BCUT2D eigenvalue weighted by molar-refractivity contribution is -0.139. The summed E-state index contributed by atoms with van der Waals surface area (Å²) in [7, 11) is 0. The summed E-state index contributed by atoms with van der Waals surface area (Å²) < 4.78 is 0. The normalized spacial score (nSPS) is 26.7. The molecular weight excluding hydrogens is 330 g/mol. The fourth-order valence-electron chi connectivity index (χ4n) is 3.33. The zero-order valence-corrected chi connectivity index (χ0v) is 17.1. The van der Waals surface area contributed by atoms with Gasteiger partial charge < -0.3 is 15.6 Å². The van der Waals surface area contributed by atoms with Gasteiger partial charge >= 0.3 is 0 Å². The first kappa shape index (κ1) is 22.6. The van der Waals surface area contributed by atoms with Crippen molar-refractivity contribution in [2.24, 2.45) is 23.7 Å². The summed E-state index contributed by atoms with van der Waals surface area (Å²) in [5.41, 5.74) is -2.67. The number of rotatable bonds is 9. The Kier molecular flexibility index (Phi) is 7.75. The molecule has 5 heteroatoms. The zero-order chi connectivity index (χ0) is 20.2. The fourth-order valence-corrected chi connectivity index (χ4v) is 3.33. The second-order valence-corrected chi connectivity index (χ2v) is 8.45. The highest BCUT2D eigenvalue weighted by Gasteiger charge is 2.59. The Labute approximate surface area is 157 Å². The van der Waals surface area contributed by atoms with Crippen molar-refractivity contribution in [1.82, 2.24) is 0 Å². The van der Waals surface area contributed by atoms with Gasteiger partial charge in [-0.3, -0.25) is 9.59 Å². The molecule has 0 saturated heterocycles. The number of ketones is 2. The van der Waals surface area contributed by atoms with Crippen LogP contribution in [0.2, 0.25) is 0 Å². The summed E-state index contributed by atoms with van der Waals surface area (Å²) in [4.78, 5) is 25.8. The quantitative estimate of drug-likeness (QED) is 0.420. The summed E-state index contributed by atoms with van der Waals surface area (Å²) in [5, 5.41) is 30.1. The van der Waals surface area contributed by atoms with Crippen LogP contribution in [0.25, 0.3) is 0 Å². The van der Waals surface area contributed by atoms with E-state index in [4.69, 9.17) is 5.41 Å². The first-order valence-electron chi connectivity index (χ1n) is 9.80. The summed E-state index contributed by atoms with van der Waals surface area (Å²) >= 11 is 0. The minimum Gasteiger partial charge on any atom is -0.511 e. The van der Waals surface area contributed by atoms with E-state index in [1.54, 1.807) is 6.92 Å². The van der Waals surface area contributed by atoms with Gasteiger partial charge in [0.1, 0.15) is 5.76 Å². The first-order chi connectivity index (χ1) is 12.0. The van der Waals surface area contributed by atoms with E-state index in [1.807, 2.05) is 34.6 Å². The number of aliphatic hydroxyl groups excluding tert-OH is 1. The molecule has 3 N–H and O–H groups in total. The summed E-state index contributed by atoms with van der Waals surface area (Å²) in [6.07, 6.45) is 2.32. The first-order valence-corrected chi connectivity index (χ1v) is 9.80. The maximum absolute atomic E-state index is 13.0. The van der Waals surface area contributed by atoms with Crippen molar-refractivity contribution in [2.75, 3.05) is 0 Å². The molecule has 0 amide bonds. The van der Waals surface area contributed by atoms with Crippen molar-refractivity contribution in [2.45, 2.75) is 79.2 Å². The van der Waals surface area contributed by atoms with E-state index in [1.165, 1.54) is 0 Å². The van der Waals surface area contributed by atoms with Gasteiger partial charge in [-0.05, 0) is 31.1 Å². The van der Waals surface area contributed by atoms with E-state index < -0.39 is 28.8 Å². The molecule has 1 rings (SSSR count). The molecule has 0 aromatic rings. The second kappa shape index (κ2) is 8.94. The van der Waals surface area contributed by atoms with Crippen molar-refractivity contribution in [3.8, 4) is 0 Å². The Balaban J connectivity index is 3.35. The third-order valence-corrected chi connectivity index (χ3v) is 5.44. The van der Waals surface area contributed by atoms with Crippen molar-refractivity contribution >= 4 is 17.3 Å². The molecule has 1 unspecified atom stereocenters. The van der Waals surface area contributed by atoms with Gasteiger partial charge in [-0.15, -0.1) is 0 Å². The van der Waals surface area contributed by atoms with E-state index in [0.29, 0.717) is 31.6 Å². The number of allylic oxidation sites excluding steroid dienone is 1. The minimum absolute atomic E-state index is 0.124. The highest BCUT2D eigenvalue weighted by Crippen LogP contribution is 2.41. The molecule has 0 aromatic heterocycles. The molecule has 3 atom stereocenters. The van der Waals surface area contributed by atoms with Crippen molar-refractivity contribution in [3.05, 3.63) is 11.3 Å². The molecule has 0 radical (unpaired) electrons. The molecule has 0 heterocycles. The molecule has 0 bridgehead atoms. The SMILES string of the molecule is CCC(C)C(O)=C1C(=N)[C@@](O)(C(=O)CCC(C)C)[C@H](CCC(C)C)C1=O. The highest BCUT2D eigenvalue weighted by atomic mass is 16.3. The third kappa shape index (κ3) is 4.43. The lowest BCUT2D eigenvalue weighted by atomic mass is 9.79. The number of carbonyl (C=O) groups is 2. The Morgan fingerprint density at radius 2 is 1.69 bits per heavy atom. The predicted molar refractivity (Wildman–Crippen MR) is 103 cm³/mol. The molecule has 1 aliphatic carbocycles. The van der Waals surface area contributed by atoms with E-state index in [0.717, 1.165) is 0 Å². The van der Waals surface area contributed by atoms with Crippen molar-refractivity contribution in [3.63, 3.8) is 0 Å². The van der Waals surface area contributed by atoms with Gasteiger partial charge in [0.2, 0.25) is 0 Å². The second-order valence-electron chi connectivity index (χ2n) is 8.45. The van der Waals surface area contributed by atoms with E-state index in [9.17, 15) is 19.8 Å². The Hall–Kier alpha value is -1.49. The van der Waals surface area contributed by atoms with Crippen molar-refractivity contribution < 1.29 is 19.8 Å². The number of nitrogens with one attached hydrogen (secondary N) is 1. The number of hydrogen-bond donors (Lipinski definition) is 3. The number of Topliss-reactive ketones (excluding diaryl/α,β-unsaturated/α-hetero) is 2. The van der Waals surface area contributed by atoms with Gasteiger partial charge in [-0.25, -0.2) is 0 Å². The smallest absolute Gasteiger partial charge is 0.175 e. The topological polar surface area (TPSA) is 98.4 Å². The molecule has 1 saturated carbocycles. The van der Waals surface area contributed by atoms with Crippen LogP contribution in [0.3, 0.4) is 0 Å². The van der Waals surface area contributed by atoms with Crippen LogP contribution >= 0.6 is 0 Å². The molecule has 26 heavy (non-hydrogen) atoms.